The zero-order valence-corrected chi connectivity index (χ0v) is 35.8. The Morgan fingerprint density at radius 2 is 1.13 bits per heavy atom. The molecule has 0 saturated carbocycles. The number of aromatic nitrogens is 2. The van der Waals surface area contributed by atoms with Crippen molar-refractivity contribution in [2.75, 3.05) is 0 Å². The molecule has 6 rings (SSSR count). The van der Waals surface area contributed by atoms with Gasteiger partial charge in [-0.2, -0.15) is 0 Å². The topological polar surface area (TPSA) is 63.1 Å². The van der Waals surface area contributed by atoms with Crippen molar-refractivity contribution in [3.63, 3.8) is 0 Å². The van der Waals surface area contributed by atoms with Crippen LogP contribution in [0.2, 0.25) is 0 Å². The number of ketones is 1. The molecule has 6 aromatic rings. The van der Waals surface area contributed by atoms with E-state index in [4.69, 9.17) is 10.1 Å². The van der Waals surface area contributed by atoms with Gasteiger partial charge in [0.25, 0.3) is 0 Å². The van der Waals surface area contributed by atoms with Gasteiger partial charge in [-0.15, -0.1) is 69.8 Å². The smallest absolute Gasteiger partial charge is 0.155 e. The number of rotatable bonds is 6. The third-order valence-corrected chi connectivity index (χ3v) is 8.90. The Morgan fingerprint density at radius 1 is 0.623 bits per heavy atom. The largest absolute Gasteiger partial charge is 0.512 e. The van der Waals surface area contributed by atoms with E-state index in [9.17, 15) is 4.79 Å². The molecule has 2 heterocycles. The number of fused-ring (bicyclic) bond motifs is 2. The molecule has 0 spiro atoms. The number of nitrogens with zero attached hydrogens (tertiary/aromatic N) is 2. The second-order valence-corrected chi connectivity index (χ2v) is 14.9. The van der Waals surface area contributed by atoms with Crippen LogP contribution in [0.1, 0.15) is 112 Å². The van der Waals surface area contributed by atoms with Crippen molar-refractivity contribution in [2.45, 2.75) is 101 Å². The quantitative estimate of drug-likeness (QED) is 0.103. The van der Waals surface area contributed by atoms with Crippen LogP contribution >= 0.6 is 0 Å². The summed E-state index contributed by atoms with van der Waals surface area (Å²) in [4.78, 5) is 19.4. The number of carbonyl (C=O) groups excluding carboxylic acids is 1. The van der Waals surface area contributed by atoms with E-state index in [0.717, 1.165) is 33.6 Å². The van der Waals surface area contributed by atoms with E-state index in [1.807, 2.05) is 12.4 Å². The first-order valence-electron chi connectivity index (χ1n) is 18.2. The van der Waals surface area contributed by atoms with E-state index in [-0.39, 0.29) is 31.6 Å². The van der Waals surface area contributed by atoms with Crippen molar-refractivity contribution in [3.8, 4) is 22.5 Å². The third-order valence-electron chi connectivity index (χ3n) is 8.90. The van der Waals surface area contributed by atoms with Gasteiger partial charge >= 0.3 is 0 Å². The summed E-state index contributed by atoms with van der Waals surface area (Å²) in [6.07, 6.45) is 4.99. The van der Waals surface area contributed by atoms with Crippen molar-refractivity contribution in [1.82, 2.24) is 9.97 Å². The predicted octanol–water partition coefficient (Wildman–Crippen LogP) is 13.0. The molecule has 0 amide bonds. The summed E-state index contributed by atoms with van der Waals surface area (Å²) in [5.41, 5.74) is 13.2. The third kappa shape index (κ3) is 11.5. The minimum absolute atomic E-state index is 0. The molecule has 5 heteroatoms. The molecule has 4 aromatic carbocycles. The molecule has 4 nitrogen and oxygen atoms in total. The Balaban J connectivity index is 0.000000240. The van der Waals surface area contributed by atoms with Gasteiger partial charge in [-0.3, -0.25) is 4.79 Å². The van der Waals surface area contributed by atoms with Crippen LogP contribution in [0, 0.1) is 39.8 Å². The van der Waals surface area contributed by atoms with Crippen LogP contribution in [-0.4, -0.2) is 20.9 Å². The Kier molecular flexibility index (Phi) is 15.4. The Morgan fingerprint density at radius 3 is 1.58 bits per heavy atom. The average Bonchev–Trinajstić information content (AvgIpc) is 3.06. The molecule has 1 radical (unpaired) electrons. The summed E-state index contributed by atoms with van der Waals surface area (Å²) >= 11 is 0. The van der Waals surface area contributed by atoms with E-state index >= 15 is 0 Å². The van der Waals surface area contributed by atoms with Crippen molar-refractivity contribution >= 4 is 27.3 Å². The summed E-state index contributed by atoms with van der Waals surface area (Å²) < 4.78 is 0. The minimum atomic E-state index is -0.125. The first-order valence-corrected chi connectivity index (χ1v) is 18.2. The van der Waals surface area contributed by atoms with E-state index in [2.05, 4.69) is 153 Å². The first kappa shape index (κ1) is 43.0. The molecular weight excluding hydrogens is 829 g/mol. The zero-order valence-electron chi connectivity index (χ0n) is 33.4. The number of aliphatic hydroxyl groups is 1. The molecule has 0 unspecified atom stereocenters. The monoisotopic (exact) mass is 883 g/mol. The summed E-state index contributed by atoms with van der Waals surface area (Å²) in [6.45, 7) is 24.8. The summed E-state index contributed by atoms with van der Waals surface area (Å²) in [6, 6.07) is 31.2. The maximum absolute atomic E-state index is 10.0. The summed E-state index contributed by atoms with van der Waals surface area (Å²) in [5, 5.41) is 13.4. The van der Waals surface area contributed by atoms with Gasteiger partial charge in [-0.1, -0.05) is 99.6 Å². The van der Waals surface area contributed by atoms with Crippen LogP contribution in [-0.2, 0) is 24.9 Å². The Labute approximate surface area is 331 Å². The Hall–Kier alpha value is -4.44. The predicted molar refractivity (Wildman–Crippen MR) is 220 cm³/mol. The Bertz CT molecular complexity index is 2190. The molecule has 53 heavy (non-hydrogen) atoms. The standard InChI is InChI=1S/C23H26N.C20H20N.C5H8O2.Ir/c1-14(2)18-12-21(15(3)4)20-7-8-24-23(22(20)13-18)19-10-16(5)9-17(6)11-19;1-13(2)17-6-5-16-7-8-21-20(19(16)12-17)18-10-14(3)9-15(4)11-18;1-4(6)3-5(2)7;/h7-10,12-15H,1-6H3;5-10,12-13H,1-4H3;3,6H,1-2H3;/q2*-1;;/b;;4-3-;. The van der Waals surface area contributed by atoms with Crippen molar-refractivity contribution in [1.29, 1.82) is 0 Å². The fraction of sp³-hybridized carbons (Fsp3) is 0.312. The second-order valence-electron chi connectivity index (χ2n) is 14.9. The van der Waals surface area contributed by atoms with Crippen molar-refractivity contribution in [3.05, 3.63) is 142 Å². The van der Waals surface area contributed by atoms with Crippen LogP contribution in [0.25, 0.3) is 44.1 Å². The first-order chi connectivity index (χ1) is 24.5. The van der Waals surface area contributed by atoms with Gasteiger partial charge in [-0.25, -0.2) is 0 Å². The van der Waals surface area contributed by atoms with Crippen LogP contribution in [0.5, 0.6) is 0 Å². The molecule has 0 aliphatic heterocycles. The molecule has 0 atom stereocenters. The number of hydrogen-bond acceptors (Lipinski definition) is 4. The molecule has 0 aliphatic carbocycles. The van der Waals surface area contributed by atoms with Crippen molar-refractivity contribution in [2.24, 2.45) is 0 Å². The van der Waals surface area contributed by atoms with Gasteiger partial charge in [0.1, 0.15) is 0 Å². The van der Waals surface area contributed by atoms with Crippen LogP contribution in [0.15, 0.2) is 91.0 Å². The van der Waals surface area contributed by atoms with E-state index < -0.39 is 0 Å². The van der Waals surface area contributed by atoms with Gasteiger partial charge in [-0.05, 0) is 93.4 Å². The summed E-state index contributed by atoms with van der Waals surface area (Å²) in [5.74, 6) is 1.45. The SMILES string of the molecule is CC(=O)/C=C(/C)O.Cc1[c-]c(-c2nccc3c(C(C)C)cc(C(C)C)cc23)cc(C)c1.Cc1[c-]c(-c2nccc3ccc(C(C)C)cc23)cc(C)c1.[Ir]. The molecule has 0 saturated heterocycles. The van der Waals surface area contributed by atoms with Crippen LogP contribution in [0.4, 0.5) is 0 Å². The van der Waals surface area contributed by atoms with Crippen LogP contribution < -0.4 is 0 Å². The second kappa shape index (κ2) is 19.1. The number of allylic oxidation sites excluding steroid dienone is 2. The minimum Gasteiger partial charge on any atom is -0.512 e. The van der Waals surface area contributed by atoms with Gasteiger partial charge in [0.2, 0.25) is 0 Å². The fourth-order valence-electron chi connectivity index (χ4n) is 6.46. The van der Waals surface area contributed by atoms with Crippen LogP contribution in [0.3, 0.4) is 0 Å². The van der Waals surface area contributed by atoms with Gasteiger partial charge in [0, 0.05) is 38.6 Å². The van der Waals surface area contributed by atoms with Crippen molar-refractivity contribution < 1.29 is 30.0 Å². The van der Waals surface area contributed by atoms with Gasteiger partial charge in [0.15, 0.2) is 5.78 Å². The molecule has 279 valence electrons. The molecule has 0 bridgehead atoms. The fourth-order valence-corrected chi connectivity index (χ4v) is 6.46. The van der Waals surface area contributed by atoms with E-state index in [0.29, 0.717) is 17.8 Å². The average molecular weight is 883 g/mol. The maximum atomic E-state index is 10.0. The van der Waals surface area contributed by atoms with E-state index in [1.165, 1.54) is 69.3 Å². The normalized spacial score (nSPS) is 11.3. The van der Waals surface area contributed by atoms with Gasteiger partial charge in [0.05, 0.1) is 5.76 Å². The molecule has 0 aliphatic rings. The number of aliphatic hydroxyl groups excluding tert-OH is 1. The number of benzene rings is 4. The zero-order chi connectivity index (χ0) is 38.3. The van der Waals surface area contributed by atoms with E-state index in [1.54, 1.807) is 0 Å². The number of carbonyl (C=O) groups is 1. The number of aryl methyl sites for hydroxylation is 4. The molecule has 2 aromatic heterocycles. The number of pyridine rings is 2. The summed E-state index contributed by atoms with van der Waals surface area (Å²) in [7, 11) is 0. The molecule has 1 N–H and O–H groups in total. The molecular formula is C48H54IrN2O2-2. The molecule has 0 fully saturated rings. The number of hydrogen-bond donors (Lipinski definition) is 1. The maximum Gasteiger partial charge on any atom is 0.155 e. The van der Waals surface area contributed by atoms with Gasteiger partial charge < -0.3 is 15.1 Å².